The van der Waals surface area contributed by atoms with E-state index in [1.165, 1.54) is 4.31 Å². The minimum absolute atomic E-state index is 0.244. The number of sulfonamides is 1. The van der Waals surface area contributed by atoms with Crippen molar-refractivity contribution in [3.05, 3.63) is 23.8 Å². The molecule has 1 aromatic rings. The van der Waals surface area contributed by atoms with Crippen LogP contribution < -0.4 is 5.73 Å². The number of methoxy groups -OCH3 is 1. The second-order valence-electron chi connectivity index (χ2n) is 4.97. The highest BCUT2D eigenvalue weighted by atomic mass is 32.2. The van der Waals surface area contributed by atoms with E-state index in [1.54, 1.807) is 32.2 Å². The topological polar surface area (TPSA) is 72.6 Å². The van der Waals surface area contributed by atoms with E-state index >= 15 is 0 Å². The van der Waals surface area contributed by atoms with Crippen LogP contribution in [0.15, 0.2) is 23.1 Å². The fraction of sp³-hybridized carbons (Fsp3) is 0.538. The molecule has 5 nitrogen and oxygen atoms in total. The van der Waals surface area contributed by atoms with Crippen LogP contribution in [-0.2, 0) is 14.8 Å². The number of ether oxygens (including phenoxy) is 1. The van der Waals surface area contributed by atoms with Gasteiger partial charge in [-0.15, -0.1) is 0 Å². The molecule has 0 spiro atoms. The predicted molar refractivity (Wildman–Crippen MR) is 74.3 cm³/mol. The van der Waals surface area contributed by atoms with Crippen LogP contribution >= 0.6 is 0 Å². The van der Waals surface area contributed by atoms with Crippen LogP contribution in [0.4, 0.5) is 5.69 Å². The number of rotatable bonds is 4. The Hall–Kier alpha value is -1.11. The van der Waals surface area contributed by atoms with Gasteiger partial charge in [0.15, 0.2) is 0 Å². The molecular formula is C13H20N2O3S. The largest absolute Gasteiger partial charge is 0.398 e. The maximum atomic E-state index is 12.6. The molecule has 1 aromatic carbocycles. The maximum Gasteiger partial charge on any atom is 0.245 e. The maximum absolute atomic E-state index is 12.6. The molecule has 0 amide bonds. The number of nitrogens with two attached hydrogens (primary N) is 1. The molecule has 2 rings (SSSR count). The Bertz CT molecular complexity index is 537. The molecular weight excluding hydrogens is 264 g/mol. The lowest BCUT2D eigenvalue weighted by molar-refractivity contribution is 0.157. The highest BCUT2D eigenvalue weighted by molar-refractivity contribution is 7.89. The van der Waals surface area contributed by atoms with Crippen LogP contribution in [0.1, 0.15) is 12.0 Å². The van der Waals surface area contributed by atoms with Crippen LogP contribution in [0.5, 0.6) is 0 Å². The molecule has 2 N–H and O–H groups in total. The molecule has 1 aliphatic heterocycles. The van der Waals surface area contributed by atoms with Crippen LogP contribution in [0.25, 0.3) is 0 Å². The molecule has 0 bridgehead atoms. The van der Waals surface area contributed by atoms with Gasteiger partial charge < -0.3 is 10.5 Å². The number of hydrogen-bond acceptors (Lipinski definition) is 4. The Morgan fingerprint density at radius 3 is 2.84 bits per heavy atom. The van der Waals surface area contributed by atoms with Crippen molar-refractivity contribution < 1.29 is 13.2 Å². The lowest BCUT2D eigenvalue weighted by Crippen LogP contribution is -2.30. The number of anilines is 1. The van der Waals surface area contributed by atoms with Gasteiger partial charge >= 0.3 is 0 Å². The smallest absolute Gasteiger partial charge is 0.245 e. The molecule has 1 unspecified atom stereocenters. The highest BCUT2D eigenvalue weighted by Gasteiger charge is 2.34. The van der Waals surface area contributed by atoms with E-state index in [0.29, 0.717) is 30.9 Å². The molecule has 19 heavy (non-hydrogen) atoms. The van der Waals surface area contributed by atoms with Crippen molar-refractivity contribution in [2.45, 2.75) is 18.2 Å². The minimum atomic E-state index is -3.50. The average Bonchev–Trinajstić information content (AvgIpc) is 2.78. The van der Waals surface area contributed by atoms with Crippen molar-refractivity contribution in [1.82, 2.24) is 4.31 Å². The molecule has 0 aromatic heterocycles. The Kier molecular flexibility index (Phi) is 4.13. The van der Waals surface area contributed by atoms with Gasteiger partial charge in [-0.2, -0.15) is 4.31 Å². The zero-order valence-electron chi connectivity index (χ0n) is 11.3. The fourth-order valence-corrected chi connectivity index (χ4v) is 4.40. The predicted octanol–water partition coefficient (Wildman–Crippen LogP) is 1.23. The minimum Gasteiger partial charge on any atom is -0.398 e. The van der Waals surface area contributed by atoms with Crippen molar-refractivity contribution in [1.29, 1.82) is 0 Å². The van der Waals surface area contributed by atoms with E-state index in [1.807, 2.05) is 0 Å². The van der Waals surface area contributed by atoms with E-state index < -0.39 is 10.0 Å². The van der Waals surface area contributed by atoms with Crippen molar-refractivity contribution in [2.24, 2.45) is 5.92 Å². The quantitative estimate of drug-likeness (QED) is 0.844. The van der Waals surface area contributed by atoms with Gasteiger partial charge in [-0.1, -0.05) is 12.1 Å². The second-order valence-corrected chi connectivity index (χ2v) is 6.84. The summed E-state index contributed by atoms with van der Waals surface area (Å²) in [6.45, 7) is 3.40. The molecule has 1 heterocycles. The first-order valence-corrected chi connectivity index (χ1v) is 7.75. The summed E-state index contributed by atoms with van der Waals surface area (Å²) in [6.07, 6.45) is 0.832. The van der Waals surface area contributed by atoms with Crippen molar-refractivity contribution >= 4 is 15.7 Å². The second kappa shape index (κ2) is 5.48. The monoisotopic (exact) mass is 284 g/mol. The zero-order chi connectivity index (χ0) is 14.0. The lowest BCUT2D eigenvalue weighted by atomic mass is 10.1. The summed E-state index contributed by atoms with van der Waals surface area (Å²) in [5.74, 6) is 0.269. The number of benzene rings is 1. The van der Waals surface area contributed by atoms with E-state index in [9.17, 15) is 8.42 Å². The van der Waals surface area contributed by atoms with Gasteiger partial charge in [0, 0.05) is 20.2 Å². The fourth-order valence-electron chi connectivity index (χ4n) is 2.54. The van der Waals surface area contributed by atoms with Crippen LogP contribution in [-0.4, -0.2) is 39.5 Å². The Morgan fingerprint density at radius 2 is 2.21 bits per heavy atom. The van der Waals surface area contributed by atoms with Gasteiger partial charge in [-0.05, 0) is 30.9 Å². The molecule has 1 atom stereocenters. The molecule has 1 aliphatic rings. The first kappa shape index (κ1) is 14.3. The van der Waals surface area contributed by atoms with E-state index in [-0.39, 0.29) is 10.8 Å². The van der Waals surface area contributed by atoms with Crippen molar-refractivity contribution in [3.8, 4) is 0 Å². The summed E-state index contributed by atoms with van der Waals surface area (Å²) in [5, 5.41) is 0. The number of aryl methyl sites for hydroxylation is 1. The highest BCUT2D eigenvalue weighted by Crippen LogP contribution is 2.29. The first-order chi connectivity index (χ1) is 8.96. The summed E-state index contributed by atoms with van der Waals surface area (Å²) in [4.78, 5) is 0.244. The van der Waals surface area contributed by atoms with E-state index in [4.69, 9.17) is 10.5 Å². The first-order valence-electron chi connectivity index (χ1n) is 6.31. The van der Waals surface area contributed by atoms with Gasteiger partial charge in [0.1, 0.15) is 4.90 Å². The Morgan fingerprint density at radius 1 is 1.47 bits per heavy atom. The third-order valence-corrected chi connectivity index (χ3v) is 5.58. The SMILES string of the molecule is COCC1CCN(S(=O)(=O)c2c(C)cccc2N)C1. The number of nitrogens with zero attached hydrogens (tertiary/aromatic N) is 1. The third-order valence-electron chi connectivity index (χ3n) is 3.49. The average molecular weight is 284 g/mol. The van der Waals surface area contributed by atoms with Crippen molar-refractivity contribution in [2.75, 3.05) is 32.5 Å². The van der Waals surface area contributed by atoms with E-state index in [0.717, 1.165) is 6.42 Å². The molecule has 1 saturated heterocycles. The van der Waals surface area contributed by atoms with Crippen LogP contribution in [0.2, 0.25) is 0 Å². The summed E-state index contributed by atoms with van der Waals surface area (Å²) in [6, 6.07) is 5.16. The molecule has 106 valence electrons. The lowest BCUT2D eigenvalue weighted by Gasteiger charge is -2.19. The van der Waals surface area contributed by atoms with Crippen LogP contribution in [0.3, 0.4) is 0 Å². The Balaban J connectivity index is 2.29. The number of nitrogen functional groups attached to an aromatic ring is 1. The molecule has 6 heteroatoms. The number of hydrogen-bond donors (Lipinski definition) is 1. The van der Waals surface area contributed by atoms with Gasteiger partial charge in [-0.25, -0.2) is 8.42 Å². The summed E-state index contributed by atoms with van der Waals surface area (Å²) < 4.78 is 31.9. The zero-order valence-corrected chi connectivity index (χ0v) is 12.1. The standard InChI is InChI=1S/C13H20N2O3S/c1-10-4-3-5-12(14)13(10)19(16,17)15-7-6-11(8-15)9-18-2/h3-5,11H,6-9,14H2,1-2H3. The summed E-state index contributed by atoms with van der Waals surface area (Å²) >= 11 is 0. The van der Waals surface area contributed by atoms with E-state index in [2.05, 4.69) is 0 Å². The molecule has 0 aliphatic carbocycles. The van der Waals surface area contributed by atoms with Gasteiger partial charge in [0.25, 0.3) is 0 Å². The van der Waals surface area contributed by atoms with Gasteiger partial charge in [0.2, 0.25) is 10.0 Å². The van der Waals surface area contributed by atoms with Gasteiger partial charge in [-0.3, -0.25) is 0 Å². The third kappa shape index (κ3) is 2.75. The summed E-state index contributed by atoms with van der Waals surface area (Å²) in [5.41, 5.74) is 6.84. The Labute approximate surface area is 114 Å². The molecule has 0 saturated carbocycles. The summed E-state index contributed by atoms with van der Waals surface area (Å²) in [7, 11) is -1.86. The van der Waals surface area contributed by atoms with Crippen LogP contribution in [0, 0.1) is 12.8 Å². The normalized spacial score (nSPS) is 20.8. The van der Waals surface area contributed by atoms with Gasteiger partial charge in [0.05, 0.1) is 12.3 Å². The molecule has 1 fully saturated rings. The van der Waals surface area contributed by atoms with Crippen molar-refractivity contribution in [3.63, 3.8) is 0 Å². The molecule has 0 radical (unpaired) electrons.